The summed E-state index contributed by atoms with van der Waals surface area (Å²) in [5.41, 5.74) is 3.30. The zero-order valence-electron chi connectivity index (χ0n) is 12.5. The molecule has 0 spiro atoms. The molecular weight excluding hydrogens is 282 g/mol. The van der Waals surface area contributed by atoms with Crippen molar-refractivity contribution in [2.24, 2.45) is 0 Å². The molecule has 2 aromatic rings. The minimum Gasteiger partial charge on any atom is -0.497 e. The van der Waals surface area contributed by atoms with Gasteiger partial charge in [-0.05, 0) is 24.6 Å². The molecule has 3 nitrogen and oxygen atoms in total. The van der Waals surface area contributed by atoms with Gasteiger partial charge in [0, 0.05) is 12.6 Å². The molecule has 4 heteroatoms. The number of aryl methyl sites for hydroxylation is 1. The molecule has 0 bridgehead atoms. The highest BCUT2D eigenvalue weighted by molar-refractivity contribution is 7.80. The van der Waals surface area contributed by atoms with Crippen molar-refractivity contribution in [2.45, 2.75) is 13.5 Å². The van der Waals surface area contributed by atoms with Crippen molar-refractivity contribution in [3.8, 4) is 11.5 Å². The Hall–Kier alpha value is -2.07. The van der Waals surface area contributed by atoms with Gasteiger partial charge in [-0.25, -0.2) is 0 Å². The Morgan fingerprint density at radius 2 is 1.76 bits per heavy atom. The highest BCUT2D eigenvalue weighted by atomic mass is 32.1. The minimum absolute atomic E-state index is 0.662. The van der Waals surface area contributed by atoms with Gasteiger partial charge in [-0.15, -0.1) is 0 Å². The van der Waals surface area contributed by atoms with E-state index in [0.717, 1.165) is 11.3 Å². The second-order valence-corrected chi connectivity index (χ2v) is 5.14. The summed E-state index contributed by atoms with van der Waals surface area (Å²) in [6, 6.07) is 14.0. The topological polar surface area (TPSA) is 30.5 Å². The van der Waals surface area contributed by atoms with Crippen LogP contribution in [0.25, 0.3) is 0 Å². The number of hydrogen-bond donors (Lipinski definition) is 1. The molecule has 0 fully saturated rings. The Balaban J connectivity index is 2.07. The number of benzene rings is 2. The van der Waals surface area contributed by atoms with Crippen molar-refractivity contribution in [1.82, 2.24) is 5.32 Å². The summed E-state index contributed by atoms with van der Waals surface area (Å²) in [4.78, 5) is 0.662. The molecule has 0 amide bonds. The largest absolute Gasteiger partial charge is 0.497 e. The van der Waals surface area contributed by atoms with Crippen molar-refractivity contribution in [3.05, 3.63) is 59.2 Å². The molecular formula is C17H19NO2S. The minimum atomic E-state index is 0.662. The quantitative estimate of drug-likeness (QED) is 0.857. The van der Waals surface area contributed by atoms with Crippen LogP contribution >= 0.6 is 12.2 Å². The van der Waals surface area contributed by atoms with E-state index in [2.05, 4.69) is 36.5 Å². The highest BCUT2D eigenvalue weighted by Gasteiger charge is 2.09. The summed E-state index contributed by atoms with van der Waals surface area (Å²) in [6.45, 7) is 2.76. The summed E-state index contributed by atoms with van der Waals surface area (Å²) >= 11 is 5.45. The van der Waals surface area contributed by atoms with E-state index in [-0.39, 0.29) is 0 Å². The Morgan fingerprint density at radius 3 is 2.38 bits per heavy atom. The summed E-state index contributed by atoms with van der Waals surface area (Å²) in [5, 5.41) is 3.26. The van der Waals surface area contributed by atoms with E-state index in [0.29, 0.717) is 17.3 Å². The van der Waals surface area contributed by atoms with Crippen molar-refractivity contribution in [2.75, 3.05) is 14.2 Å². The maximum atomic E-state index is 5.45. The zero-order chi connectivity index (χ0) is 15.2. The molecule has 0 aliphatic rings. The fourth-order valence-electron chi connectivity index (χ4n) is 1.97. The van der Waals surface area contributed by atoms with Gasteiger partial charge in [0.25, 0.3) is 0 Å². The molecule has 0 aliphatic heterocycles. The van der Waals surface area contributed by atoms with E-state index in [9.17, 15) is 0 Å². The van der Waals surface area contributed by atoms with Gasteiger partial charge < -0.3 is 14.8 Å². The second kappa shape index (κ2) is 7.09. The molecule has 2 aromatic carbocycles. The molecule has 0 atom stereocenters. The number of hydrogen-bond acceptors (Lipinski definition) is 3. The van der Waals surface area contributed by atoms with Gasteiger partial charge in [0.2, 0.25) is 0 Å². The molecule has 110 valence electrons. The van der Waals surface area contributed by atoms with Gasteiger partial charge in [0.1, 0.15) is 16.5 Å². The maximum absolute atomic E-state index is 5.45. The first-order valence-corrected chi connectivity index (χ1v) is 7.10. The summed E-state index contributed by atoms with van der Waals surface area (Å²) in [7, 11) is 3.25. The van der Waals surface area contributed by atoms with Gasteiger partial charge in [0.05, 0.1) is 19.8 Å². The summed E-state index contributed by atoms with van der Waals surface area (Å²) in [6.07, 6.45) is 0. The average Bonchev–Trinajstić information content (AvgIpc) is 2.53. The van der Waals surface area contributed by atoms with Crippen molar-refractivity contribution >= 4 is 17.2 Å². The molecule has 0 unspecified atom stereocenters. The van der Waals surface area contributed by atoms with Crippen LogP contribution in [-0.4, -0.2) is 19.2 Å². The number of thiocarbonyl (C=S) groups is 1. The van der Waals surface area contributed by atoms with Gasteiger partial charge in [-0.2, -0.15) is 0 Å². The van der Waals surface area contributed by atoms with Crippen LogP contribution in [0.15, 0.2) is 42.5 Å². The van der Waals surface area contributed by atoms with Crippen LogP contribution in [0.3, 0.4) is 0 Å². The monoisotopic (exact) mass is 301 g/mol. The van der Waals surface area contributed by atoms with Crippen molar-refractivity contribution in [1.29, 1.82) is 0 Å². The lowest BCUT2D eigenvalue weighted by Gasteiger charge is -2.13. The number of methoxy groups -OCH3 is 2. The van der Waals surface area contributed by atoms with E-state index >= 15 is 0 Å². The van der Waals surface area contributed by atoms with Crippen LogP contribution in [0.1, 0.15) is 16.7 Å². The fraction of sp³-hybridized carbons (Fsp3) is 0.235. The number of ether oxygens (including phenoxy) is 2. The van der Waals surface area contributed by atoms with E-state index in [1.807, 2.05) is 18.2 Å². The molecule has 0 aromatic heterocycles. The maximum Gasteiger partial charge on any atom is 0.132 e. The summed E-state index contributed by atoms with van der Waals surface area (Å²) < 4.78 is 10.6. The molecule has 1 N–H and O–H groups in total. The van der Waals surface area contributed by atoms with Crippen LogP contribution in [0.4, 0.5) is 0 Å². The molecule has 0 aliphatic carbocycles. The normalized spacial score (nSPS) is 10.0. The molecule has 2 rings (SSSR count). The first-order chi connectivity index (χ1) is 10.1. The van der Waals surface area contributed by atoms with Crippen LogP contribution in [-0.2, 0) is 6.54 Å². The SMILES string of the molecule is COc1ccc(C(=S)NCc2ccc(C)cc2)c(OC)c1. The highest BCUT2D eigenvalue weighted by Crippen LogP contribution is 2.24. The van der Waals surface area contributed by atoms with Gasteiger partial charge in [0.15, 0.2) is 0 Å². The van der Waals surface area contributed by atoms with Crippen LogP contribution in [0.5, 0.6) is 11.5 Å². The first-order valence-electron chi connectivity index (χ1n) is 6.70. The zero-order valence-corrected chi connectivity index (χ0v) is 13.3. The predicted molar refractivity (Wildman–Crippen MR) is 89.3 cm³/mol. The van der Waals surface area contributed by atoms with Gasteiger partial charge in [-0.3, -0.25) is 0 Å². The standard InChI is InChI=1S/C17H19NO2S/c1-12-4-6-13(7-5-12)11-18-17(21)15-9-8-14(19-2)10-16(15)20-3/h4-10H,11H2,1-3H3,(H,18,21). The average molecular weight is 301 g/mol. The van der Waals surface area contributed by atoms with E-state index in [1.165, 1.54) is 11.1 Å². The summed E-state index contributed by atoms with van der Waals surface area (Å²) in [5.74, 6) is 1.45. The van der Waals surface area contributed by atoms with Crippen LogP contribution in [0, 0.1) is 6.92 Å². The van der Waals surface area contributed by atoms with Gasteiger partial charge in [-0.1, -0.05) is 42.0 Å². The van der Waals surface area contributed by atoms with Gasteiger partial charge >= 0.3 is 0 Å². The lowest BCUT2D eigenvalue weighted by atomic mass is 10.1. The Labute approximate surface area is 130 Å². The smallest absolute Gasteiger partial charge is 0.132 e. The van der Waals surface area contributed by atoms with E-state index < -0.39 is 0 Å². The predicted octanol–water partition coefficient (Wildman–Crippen LogP) is 3.48. The van der Waals surface area contributed by atoms with Crippen LogP contribution < -0.4 is 14.8 Å². The lowest BCUT2D eigenvalue weighted by molar-refractivity contribution is 0.394. The number of rotatable bonds is 5. The molecule has 21 heavy (non-hydrogen) atoms. The first kappa shape index (κ1) is 15.3. The fourth-order valence-corrected chi connectivity index (χ4v) is 2.21. The third-order valence-corrected chi connectivity index (χ3v) is 3.59. The Kier molecular flexibility index (Phi) is 5.17. The van der Waals surface area contributed by atoms with E-state index in [4.69, 9.17) is 21.7 Å². The second-order valence-electron chi connectivity index (χ2n) is 4.73. The molecule has 0 radical (unpaired) electrons. The third-order valence-electron chi connectivity index (χ3n) is 3.23. The molecule has 0 saturated carbocycles. The molecule has 0 heterocycles. The Morgan fingerprint density at radius 1 is 1.05 bits per heavy atom. The molecule has 0 saturated heterocycles. The van der Waals surface area contributed by atoms with Crippen LogP contribution in [0.2, 0.25) is 0 Å². The Bertz CT molecular complexity index is 623. The van der Waals surface area contributed by atoms with Crippen molar-refractivity contribution in [3.63, 3.8) is 0 Å². The third kappa shape index (κ3) is 3.95. The van der Waals surface area contributed by atoms with E-state index in [1.54, 1.807) is 14.2 Å². The lowest BCUT2D eigenvalue weighted by Crippen LogP contribution is -2.22. The van der Waals surface area contributed by atoms with Crippen molar-refractivity contribution < 1.29 is 9.47 Å². The number of nitrogens with one attached hydrogen (secondary N) is 1.